The van der Waals surface area contributed by atoms with Gasteiger partial charge in [-0.2, -0.15) is 0 Å². The first kappa shape index (κ1) is 24.2. The number of nitrogens with zero attached hydrogens (tertiary/aromatic N) is 1. The third kappa shape index (κ3) is 3.74. The molecule has 2 aromatic rings. The first-order chi connectivity index (χ1) is 16.7. The van der Waals surface area contributed by atoms with Crippen LogP contribution < -0.4 is 10.6 Å². The Morgan fingerprint density at radius 3 is 2.49 bits per heavy atom. The summed E-state index contributed by atoms with van der Waals surface area (Å²) in [6.07, 6.45) is 1.35. The largest absolute Gasteiger partial charge is 0.394 e. The quantitative estimate of drug-likeness (QED) is 0.546. The number of aliphatic hydroxyl groups is 1. The van der Waals surface area contributed by atoms with E-state index in [1.807, 2.05) is 37.3 Å². The lowest BCUT2D eigenvalue weighted by molar-refractivity contribution is -0.141. The second kappa shape index (κ2) is 8.84. The van der Waals surface area contributed by atoms with Gasteiger partial charge in [0.05, 0.1) is 39.9 Å². The van der Waals surface area contributed by atoms with Crippen molar-refractivity contribution >= 4 is 52.5 Å². The minimum Gasteiger partial charge on any atom is -0.394 e. The van der Waals surface area contributed by atoms with Crippen LogP contribution in [0.25, 0.3) is 0 Å². The Balaban J connectivity index is 1.53. The standard InChI is InChI=1S/C26H28ClN3O4S/c1-15(14-31)30-21(23(33)29-18-11-7-6-10-17(18)27)26-13-12-25(2,35-26)19(20(26)24(30)34)22(32)28-16-8-4-3-5-9-16/h3-11,15,19-21,31H,12-14H2,1-2H3,(H,28,32)(H,29,33)/t15-,19+,20+,21?,25-,26?/m1/s1. The number of hydrogen-bond donors (Lipinski definition) is 3. The monoisotopic (exact) mass is 513 g/mol. The van der Waals surface area contributed by atoms with Gasteiger partial charge in [-0.3, -0.25) is 14.4 Å². The average molecular weight is 514 g/mol. The predicted molar refractivity (Wildman–Crippen MR) is 137 cm³/mol. The second-order valence-corrected chi connectivity index (χ2v) is 12.1. The molecular formula is C26H28ClN3O4S. The van der Waals surface area contributed by atoms with Crippen molar-refractivity contribution in [2.45, 2.75) is 48.3 Å². The first-order valence-electron chi connectivity index (χ1n) is 11.8. The summed E-state index contributed by atoms with van der Waals surface area (Å²) in [5.41, 5.74) is 1.13. The summed E-state index contributed by atoms with van der Waals surface area (Å²) in [6, 6.07) is 14.7. The van der Waals surface area contributed by atoms with Crippen LogP contribution in [0.4, 0.5) is 11.4 Å². The lowest BCUT2D eigenvalue weighted by Crippen LogP contribution is -2.54. The highest BCUT2D eigenvalue weighted by molar-refractivity contribution is 8.02. The molecule has 2 aromatic carbocycles. The summed E-state index contributed by atoms with van der Waals surface area (Å²) in [5, 5.41) is 16.3. The van der Waals surface area contributed by atoms with Crippen molar-refractivity contribution in [1.82, 2.24) is 4.90 Å². The minimum atomic E-state index is -0.834. The molecule has 3 amide bonds. The molecule has 3 N–H and O–H groups in total. The van der Waals surface area contributed by atoms with Crippen molar-refractivity contribution in [3.63, 3.8) is 0 Å². The Morgan fingerprint density at radius 1 is 1.11 bits per heavy atom. The summed E-state index contributed by atoms with van der Waals surface area (Å²) in [6.45, 7) is 3.46. The van der Waals surface area contributed by atoms with E-state index in [4.69, 9.17) is 11.6 Å². The van der Waals surface area contributed by atoms with E-state index in [0.717, 1.165) is 0 Å². The number of para-hydroxylation sites is 2. The Bertz CT molecular complexity index is 1180. The maximum Gasteiger partial charge on any atom is 0.248 e. The maximum absolute atomic E-state index is 13.9. The number of aliphatic hydroxyl groups excluding tert-OH is 1. The van der Waals surface area contributed by atoms with Gasteiger partial charge in [0, 0.05) is 10.4 Å². The van der Waals surface area contributed by atoms with Crippen LogP contribution in [0.5, 0.6) is 0 Å². The van der Waals surface area contributed by atoms with Gasteiger partial charge in [0.15, 0.2) is 0 Å². The van der Waals surface area contributed by atoms with Crippen molar-refractivity contribution < 1.29 is 19.5 Å². The van der Waals surface area contributed by atoms with Gasteiger partial charge < -0.3 is 20.6 Å². The van der Waals surface area contributed by atoms with E-state index >= 15 is 0 Å². The Hall–Kier alpha value is -2.55. The fraction of sp³-hybridized carbons (Fsp3) is 0.423. The topological polar surface area (TPSA) is 98.7 Å². The van der Waals surface area contributed by atoms with Crippen LogP contribution in [0.15, 0.2) is 54.6 Å². The zero-order valence-electron chi connectivity index (χ0n) is 19.5. The van der Waals surface area contributed by atoms with Crippen LogP contribution in [0.2, 0.25) is 5.02 Å². The SMILES string of the molecule is C[C@H](CO)N1C(=O)[C@@H]2[C@@H](C(=O)Nc3ccccc3)[C@@]3(C)CCC2(S3)C1C(=O)Nc1ccccc1Cl. The first-order valence-corrected chi connectivity index (χ1v) is 13.0. The zero-order valence-corrected chi connectivity index (χ0v) is 21.1. The number of carbonyl (C=O) groups excluding carboxylic acids is 3. The van der Waals surface area contributed by atoms with Gasteiger partial charge in [-0.25, -0.2) is 0 Å². The molecule has 2 unspecified atom stereocenters. The number of fused-ring (bicyclic) bond motifs is 1. The molecule has 3 aliphatic rings. The molecule has 3 fully saturated rings. The molecule has 0 radical (unpaired) electrons. The third-order valence-corrected chi connectivity index (χ3v) is 9.97. The van der Waals surface area contributed by atoms with Crippen LogP contribution in [0, 0.1) is 11.8 Å². The van der Waals surface area contributed by atoms with Gasteiger partial charge in [0.25, 0.3) is 0 Å². The molecule has 7 nitrogen and oxygen atoms in total. The molecule has 3 heterocycles. The Kier molecular flexibility index (Phi) is 6.10. The zero-order chi connectivity index (χ0) is 25.0. The molecule has 184 valence electrons. The van der Waals surface area contributed by atoms with Crippen LogP contribution in [0.3, 0.4) is 0 Å². The summed E-state index contributed by atoms with van der Waals surface area (Å²) >= 11 is 7.88. The second-order valence-electron chi connectivity index (χ2n) is 9.83. The molecule has 35 heavy (non-hydrogen) atoms. The lowest BCUT2D eigenvalue weighted by Gasteiger charge is -2.36. The van der Waals surface area contributed by atoms with Crippen molar-refractivity contribution in [2.24, 2.45) is 11.8 Å². The highest BCUT2D eigenvalue weighted by atomic mass is 35.5. The molecular weight excluding hydrogens is 486 g/mol. The number of halogens is 1. The number of amides is 3. The number of hydrogen-bond acceptors (Lipinski definition) is 5. The van der Waals surface area contributed by atoms with Crippen LogP contribution in [-0.4, -0.2) is 55.9 Å². The predicted octanol–water partition coefficient (Wildman–Crippen LogP) is 3.78. The van der Waals surface area contributed by atoms with E-state index in [0.29, 0.717) is 29.2 Å². The fourth-order valence-corrected chi connectivity index (χ4v) is 8.66. The number of likely N-dealkylation sites (tertiary alicyclic amines) is 1. The minimum absolute atomic E-state index is 0.213. The van der Waals surface area contributed by atoms with Crippen molar-refractivity contribution in [3.8, 4) is 0 Å². The van der Waals surface area contributed by atoms with Crippen molar-refractivity contribution in [2.75, 3.05) is 17.2 Å². The van der Waals surface area contributed by atoms with Gasteiger partial charge >= 0.3 is 0 Å². The molecule has 0 aromatic heterocycles. The van der Waals surface area contributed by atoms with Crippen LogP contribution >= 0.6 is 23.4 Å². The van der Waals surface area contributed by atoms with Crippen molar-refractivity contribution in [3.05, 3.63) is 59.6 Å². The number of nitrogens with one attached hydrogen (secondary N) is 2. The van der Waals surface area contributed by atoms with Crippen LogP contribution in [-0.2, 0) is 14.4 Å². The fourth-order valence-electron chi connectivity index (χ4n) is 6.13. The van der Waals surface area contributed by atoms with Crippen LogP contribution in [0.1, 0.15) is 26.7 Å². The lowest BCUT2D eigenvalue weighted by atomic mass is 9.66. The van der Waals surface area contributed by atoms with Gasteiger partial charge in [-0.05, 0) is 51.0 Å². The third-order valence-electron chi connectivity index (χ3n) is 7.66. The van der Waals surface area contributed by atoms with Crippen molar-refractivity contribution in [1.29, 1.82) is 0 Å². The molecule has 9 heteroatoms. The average Bonchev–Trinajstić information content (AvgIpc) is 3.41. The summed E-state index contributed by atoms with van der Waals surface area (Å²) in [4.78, 5) is 42.8. The highest BCUT2D eigenvalue weighted by Crippen LogP contribution is 2.71. The smallest absolute Gasteiger partial charge is 0.248 e. The number of rotatable bonds is 6. The van der Waals surface area contributed by atoms with Gasteiger partial charge in [0.2, 0.25) is 17.7 Å². The number of anilines is 2. The van der Waals surface area contributed by atoms with E-state index < -0.39 is 33.4 Å². The Labute approximate surface area is 213 Å². The molecule has 2 bridgehead atoms. The summed E-state index contributed by atoms with van der Waals surface area (Å²) in [7, 11) is 0. The molecule has 3 saturated heterocycles. The number of benzene rings is 2. The van der Waals surface area contributed by atoms with E-state index in [1.165, 1.54) is 4.90 Å². The molecule has 0 saturated carbocycles. The molecule has 1 spiro atoms. The van der Waals surface area contributed by atoms with E-state index in [1.54, 1.807) is 43.0 Å². The molecule has 3 aliphatic heterocycles. The maximum atomic E-state index is 13.9. The Morgan fingerprint density at radius 2 is 1.80 bits per heavy atom. The van der Waals surface area contributed by atoms with Gasteiger partial charge in [0.1, 0.15) is 6.04 Å². The normalized spacial score (nSPS) is 31.8. The molecule has 6 atom stereocenters. The van der Waals surface area contributed by atoms with Gasteiger partial charge in [-0.15, -0.1) is 11.8 Å². The summed E-state index contributed by atoms with van der Waals surface area (Å²) < 4.78 is -1.24. The molecule has 0 aliphatic carbocycles. The van der Waals surface area contributed by atoms with Gasteiger partial charge in [-0.1, -0.05) is 41.9 Å². The highest BCUT2D eigenvalue weighted by Gasteiger charge is 2.77. The molecule has 5 rings (SSSR count). The summed E-state index contributed by atoms with van der Waals surface area (Å²) in [5.74, 6) is -2.08. The van der Waals surface area contributed by atoms with E-state index in [9.17, 15) is 19.5 Å². The number of carbonyl (C=O) groups is 3. The number of thioether (sulfide) groups is 1. The van der Waals surface area contributed by atoms with E-state index in [-0.39, 0.29) is 24.3 Å². The van der Waals surface area contributed by atoms with E-state index in [2.05, 4.69) is 10.6 Å².